The number of allylic oxidation sites excluding steroid dienone is 3. The van der Waals surface area contributed by atoms with Gasteiger partial charge in [0.2, 0.25) is 0 Å². The molecule has 3 nitrogen and oxygen atoms in total. The van der Waals surface area contributed by atoms with Crippen molar-refractivity contribution in [2.24, 2.45) is 28.6 Å². The number of Topliss-reactive ketones (excluding diaryl/α,β-unsaturated/α-hetero) is 1. The molecule has 0 radical (unpaired) electrons. The second-order valence-corrected chi connectivity index (χ2v) is 9.60. The molecule has 0 heterocycles. The summed E-state index contributed by atoms with van der Waals surface area (Å²) in [5.74, 6) is 2.11. The van der Waals surface area contributed by atoms with Crippen molar-refractivity contribution in [2.45, 2.75) is 78.7 Å². The monoisotopic (exact) mass is 356 g/mol. The second-order valence-electron chi connectivity index (χ2n) is 9.60. The first-order valence-electron chi connectivity index (χ1n) is 10.3. The van der Waals surface area contributed by atoms with Crippen LogP contribution in [-0.2, 0) is 14.3 Å². The maximum Gasteiger partial charge on any atom is 0.302 e. The molecular weight excluding hydrogens is 324 g/mol. The number of rotatable bonds is 2. The van der Waals surface area contributed by atoms with Gasteiger partial charge in [-0.25, -0.2) is 0 Å². The molecule has 0 N–H and O–H groups in total. The first-order chi connectivity index (χ1) is 12.3. The molecule has 4 aliphatic rings. The van der Waals surface area contributed by atoms with E-state index in [2.05, 4.69) is 26.0 Å². The Kier molecular flexibility index (Phi) is 4.20. The Morgan fingerprint density at radius 3 is 2.42 bits per heavy atom. The summed E-state index contributed by atoms with van der Waals surface area (Å²) < 4.78 is 5.52. The zero-order chi connectivity index (χ0) is 18.7. The summed E-state index contributed by atoms with van der Waals surface area (Å²) in [7, 11) is 0. The molecule has 0 aromatic heterocycles. The maximum atomic E-state index is 12.2. The number of esters is 1. The third kappa shape index (κ3) is 2.53. The lowest BCUT2D eigenvalue weighted by atomic mass is 9.47. The zero-order valence-corrected chi connectivity index (χ0v) is 16.6. The molecule has 4 rings (SSSR count). The normalized spacial score (nSPS) is 44.2. The van der Waals surface area contributed by atoms with Gasteiger partial charge in [-0.15, -0.1) is 0 Å². The van der Waals surface area contributed by atoms with Crippen LogP contribution in [0, 0.1) is 28.6 Å². The van der Waals surface area contributed by atoms with E-state index in [4.69, 9.17) is 4.74 Å². The highest BCUT2D eigenvalue weighted by atomic mass is 16.5. The lowest BCUT2D eigenvalue weighted by Crippen LogP contribution is -2.50. The van der Waals surface area contributed by atoms with Gasteiger partial charge in [0.05, 0.1) is 0 Å². The van der Waals surface area contributed by atoms with Gasteiger partial charge in [0.25, 0.3) is 0 Å². The van der Waals surface area contributed by atoms with Crippen molar-refractivity contribution in [1.29, 1.82) is 0 Å². The maximum absolute atomic E-state index is 12.2. The van der Waals surface area contributed by atoms with E-state index in [1.165, 1.54) is 18.9 Å². The molecule has 26 heavy (non-hydrogen) atoms. The van der Waals surface area contributed by atoms with Crippen LogP contribution in [0.1, 0.15) is 72.6 Å². The van der Waals surface area contributed by atoms with Crippen molar-refractivity contribution in [1.82, 2.24) is 0 Å². The summed E-state index contributed by atoms with van der Waals surface area (Å²) in [6.45, 7) is 8.05. The molecule has 0 aromatic rings. The highest BCUT2D eigenvalue weighted by Crippen LogP contribution is 2.65. The van der Waals surface area contributed by atoms with Gasteiger partial charge in [0.15, 0.2) is 5.78 Å². The van der Waals surface area contributed by atoms with Gasteiger partial charge < -0.3 is 4.74 Å². The minimum Gasteiger partial charge on any atom is -0.462 e. The SMILES string of the molecule is CC(=O)O[C@@H]1CC[C@]2(C)C(=CC[C@@H]3[C@@H]4CC=C(C(C)=O)[C@]4(C)CC[C@@H]32)C1. The van der Waals surface area contributed by atoms with E-state index in [1.54, 1.807) is 6.92 Å². The molecule has 0 unspecified atom stereocenters. The molecule has 0 amide bonds. The third-order valence-electron chi connectivity index (χ3n) is 8.35. The molecule has 142 valence electrons. The number of hydrogen-bond donors (Lipinski definition) is 0. The van der Waals surface area contributed by atoms with Crippen LogP contribution in [0.2, 0.25) is 0 Å². The molecular formula is C23H32O3. The lowest BCUT2D eigenvalue weighted by Gasteiger charge is -2.57. The first-order valence-corrected chi connectivity index (χ1v) is 10.3. The van der Waals surface area contributed by atoms with E-state index in [1.807, 2.05) is 0 Å². The second kappa shape index (κ2) is 6.07. The molecule has 4 aliphatic carbocycles. The van der Waals surface area contributed by atoms with Gasteiger partial charge in [-0.3, -0.25) is 9.59 Å². The Bertz CT molecular complexity index is 702. The van der Waals surface area contributed by atoms with E-state index in [-0.39, 0.29) is 28.7 Å². The summed E-state index contributed by atoms with van der Waals surface area (Å²) in [6, 6.07) is 0. The van der Waals surface area contributed by atoms with Gasteiger partial charge >= 0.3 is 5.97 Å². The smallest absolute Gasteiger partial charge is 0.302 e. The highest BCUT2D eigenvalue weighted by Gasteiger charge is 2.57. The van der Waals surface area contributed by atoms with E-state index < -0.39 is 0 Å². The van der Waals surface area contributed by atoms with E-state index >= 15 is 0 Å². The van der Waals surface area contributed by atoms with Crippen molar-refractivity contribution in [2.75, 3.05) is 0 Å². The van der Waals surface area contributed by atoms with Crippen LogP contribution in [0.25, 0.3) is 0 Å². The van der Waals surface area contributed by atoms with Crippen molar-refractivity contribution in [3.05, 3.63) is 23.3 Å². The number of ether oxygens (including phenoxy) is 1. The van der Waals surface area contributed by atoms with Crippen LogP contribution in [-0.4, -0.2) is 17.9 Å². The molecule has 0 spiro atoms. The van der Waals surface area contributed by atoms with Crippen LogP contribution in [0.15, 0.2) is 23.3 Å². The molecule has 2 fully saturated rings. The van der Waals surface area contributed by atoms with Crippen molar-refractivity contribution < 1.29 is 14.3 Å². The van der Waals surface area contributed by atoms with Gasteiger partial charge in [0, 0.05) is 13.3 Å². The molecule has 0 saturated heterocycles. The number of hydrogen-bond acceptors (Lipinski definition) is 3. The van der Waals surface area contributed by atoms with Crippen molar-refractivity contribution in [3.63, 3.8) is 0 Å². The van der Waals surface area contributed by atoms with Crippen molar-refractivity contribution >= 4 is 11.8 Å². The largest absolute Gasteiger partial charge is 0.462 e. The fraction of sp³-hybridized carbons (Fsp3) is 0.739. The quantitative estimate of drug-likeness (QED) is 0.516. The fourth-order valence-corrected chi connectivity index (χ4v) is 7.08. The number of fused-ring (bicyclic) bond motifs is 5. The zero-order valence-electron chi connectivity index (χ0n) is 16.6. The first kappa shape index (κ1) is 18.0. The van der Waals surface area contributed by atoms with E-state index in [9.17, 15) is 9.59 Å². The molecule has 0 bridgehead atoms. The number of carbonyl (C=O) groups is 2. The molecule has 6 atom stereocenters. The van der Waals surface area contributed by atoms with Gasteiger partial charge in [-0.1, -0.05) is 31.6 Å². The Morgan fingerprint density at radius 2 is 1.73 bits per heavy atom. The Labute approximate surface area is 157 Å². The average molecular weight is 357 g/mol. The van der Waals surface area contributed by atoms with Crippen LogP contribution in [0.3, 0.4) is 0 Å². The van der Waals surface area contributed by atoms with Crippen LogP contribution < -0.4 is 0 Å². The van der Waals surface area contributed by atoms with Gasteiger partial charge in [-0.05, 0) is 79.6 Å². The Morgan fingerprint density at radius 1 is 1.00 bits per heavy atom. The highest BCUT2D eigenvalue weighted by molar-refractivity contribution is 5.95. The number of carbonyl (C=O) groups excluding carboxylic acids is 2. The summed E-state index contributed by atoms with van der Waals surface area (Å²) in [6.07, 6.45) is 12.3. The molecule has 0 aliphatic heterocycles. The molecule has 0 aromatic carbocycles. The van der Waals surface area contributed by atoms with Crippen LogP contribution in [0.5, 0.6) is 0 Å². The van der Waals surface area contributed by atoms with E-state index in [0.29, 0.717) is 17.8 Å². The Hall–Kier alpha value is -1.38. The molecule has 3 heteroatoms. The minimum absolute atomic E-state index is 0.0645. The summed E-state index contributed by atoms with van der Waals surface area (Å²) >= 11 is 0. The van der Waals surface area contributed by atoms with Crippen LogP contribution >= 0.6 is 0 Å². The van der Waals surface area contributed by atoms with Gasteiger partial charge in [0.1, 0.15) is 6.10 Å². The Balaban J connectivity index is 1.59. The number of ketones is 1. The van der Waals surface area contributed by atoms with Gasteiger partial charge in [-0.2, -0.15) is 0 Å². The summed E-state index contributed by atoms with van der Waals surface area (Å²) in [4.78, 5) is 23.5. The predicted octanol–water partition coefficient (Wildman–Crippen LogP) is 5.01. The third-order valence-corrected chi connectivity index (χ3v) is 8.35. The predicted molar refractivity (Wildman–Crippen MR) is 101 cm³/mol. The summed E-state index contributed by atoms with van der Waals surface area (Å²) in [5, 5.41) is 0. The fourth-order valence-electron chi connectivity index (χ4n) is 7.08. The lowest BCUT2D eigenvalue weighted by molar-refractivity contribution is -0.148. The summed E-state index contributed by atoms with van der Waals surface area (Å²) in [5.41, 5.74) is 2.96. The van der Waals surface area contributed by atoms with Crippen LogP contribution in [0.4, 0.5) is 0 Å². The average Bonchev–Trinajstić information content (AvgIpc) is 2.92. The van der Waals surface area contributed by atoms with Crippen molar-refractivity contribution in [3.8, 4) is 0 Å². The minimum atomic E-state index is -0.157. The molecule has 2 saturated carbocycles. The van der Waals surface area contributed by atoms with E-state index in [0.717, 1.165) is 44.1 Å². The topological polar surface area (TPSA) is 43.4 Å². The standard InChI is InChI=1S/C23H32O3/c1-14(24)19-7-8-20-18-6-5-16-13-17(26-15(2)25)9-11-22(16,3)21(18)10-12-23(19,20)4/h5,7,17-18,20-21H,6,8-13H2,1-4H3/t17-,18-,20+,21+,22-,23+/m1/s1.